The van der Waals surface area contributed by atoms with Crippen LogP contribution >= 0.6 is 11.3 Å². The van der Waals surface area contributed by atoms with Crippen LogP contribution in [0.5, 0.6) is 0 Å². The van der Waals surface area contributed by atoms with Crippen molar-refractivity contribution in [3.8, 4) is 0 Å². The third-order valence-electron chi connectivity index (χ3n) is 4.72. The minimum atomic E-state index is -3.20. The van der Waals surface area contributed by atoms with Gasteiger partial charge in [0.25, 0.3) is 0 Å². The van der Waals surface area contributed by atoms with Crippen LogP contribution in [-0.4, -0.2) is 30.3 Å². The lowest BCUT2D eigenvalue weighted by molar-refractivity contribution is -0.0208. The molecule has 0 radical (unpaired) electrons. The zero-order valence-corrected chi connectivity index (χ0v) is 15.1. The molecule has 0 aromatic carbocycles. The van der Waals surface area contributed by atoms with Gasteiger partial charge in [0, 0.05) is 18.1 Å². The summed E-state index contributed by atoms with van der Waals surface area (Å²) in [6, 6.07) is 0. The molecule has 1 aliphatic rings. The van der Waals surface area contributed by atoms with Gasteiger partial charge in [0.05, 0.1) is 5.25 Å². The fourth-order valence-corrected chi connectivity index (χ4v) is 4.56. The minimum absolute atomic E-state index is 0.273. The van der Waals surface area contributed by atoms with E-state index in [0.717, 1.165) is 17.8 Å². The molecule has 0 aliphatic heterocycles. The summed E-state index contributed by atoms with van der Waals surface area (Å²) in [4.78, 5) is 4.25. The number of thiazole rings is 1. The number of nitrogens with zero attached hydrogens (tertiary/aromatic N) is 1. The van der Waals surface area contributed by atoms with Gasteiger partial charge in [-0.1, -0.05) is 6.92 Å². The van der Waals surface area contributed by atoms with Gasteiger partial charge in [0.1, 0.15) is 10.6 Å². The van der Waals surface area contributed by atoms with Crippen molar-refractivity contribution in [2.24, 2.45) is 11.8 Å². The van der Waals surface area contributed by atoms with E-state index < -0.39 is 20.9 Å². The lowest BCUT2D eigenvalue weighted by Crippen LogP contribution is -2.38. The second-order valence-electron chi connectivity index (χ2n) is 6.63. The third-order valence-corrected chi connectivity index (χ3v) is 7.50. The van der Waals surface area contributed by atoms with Gasteiger partial charge >= 0.3 is 0 Å². The fraction of sp³-hybridized carbons (Fsp3) is 0.800. The van der Waals surface area contributed by atoms with Gasteiger partial charge in [0.2, 0.25) is 10.0 Å². The monoisotopic (exact) mass is 346 g/mol. The molecular weight excluding hydrogens is 320 g/mol. The van der Waals surface area contributed by atoms with Crippen molar-refractivity contribution >= 4 is 21.4 Å². The molecule has 126 valence electrons. The average Bonchev–Trinajstić information content (AvgIpc) is 3.00. The second kappa shape index (κ2) is 6.95. The molecule has 2 rings (SSSR count). The Hall–Kier alpha value is -0.500. The quantitative estimate of drug-likeness (QED) is 0.829. The van der Waals surface area contributed by atoms with E-state index >= 15 is 0 Å². The van der Waals surface area contributed by atoms with Gasteiger partial charge in [-0.05, 0) is 51.4 Å². The topological polar surface area (TPSA) is 79.3 Å². The summed E-state index contributed by atoms with van der Waals surface area (Å²) < 4.78 is 26.3. The van der Waals surface area contributed by atoms with Crippen LogP contribution in [0.2, 0.25) is 0 Å². The molecule has 0 bridgehead atoms. The Morgan fingerprint density at radius 3 is 2.55 bits per heavy atom. The average molecular weight is 347 g/mol. The lowest BCUT2D eigenvalue weighted by atomic mass is 9.74. The molecule has 22 heavy (non-hydrogen) atoms. The summed E-state index contributed by atoms with van der Waals surface area (Å²) in [5.74, 6) is 0.712. The van der Waals surface area contributed by atoms with Gasteiger partial charge in [-0.2, -0.15) is 0 Å². The van der Waals surface area contributed by atoms with Crippen molar-refractivity contribution < 1.29 is 13.5 Å². The summed E-state index contributed by atoms with van der Waals surface area (Å²) in [6.45, 7) is 5.92. The molecule has 1 fully saturated rings. The van der Waals surface area contributed by atoms with E-state index in [1.165, 1.54) is 11.3 Å². The van der Waals surface area contributed by atoms with E-state index in [1.54, 1.807) is 20.0 Å². The van der Waals surface area contributed by atoms with Crippen LogP contribution in [0.4, 0.5) is 0 Å². The Kier molecular flexibility index (Phi) is 5.63. The molecule has 2 N–H and O–H groups in total. The molecule has 1 unspecified atom stereocenters. The molecule has 0 spiro atoms. The van der Waals surface area contributed by atoms with E-state index in [2.05, 4.69) is 16.6 Å². The number of hydrogen-bond donors (Lipinski definition) is 2. The highest BCUT2D eigenvalue weighted by Crippen LogP contribution is 2.42. The van der Waals surface area contributed by atoms with E-state index in [1.807, 2.05) is 5.38 Å². The SMILES string of the molecule is CC(CNS(=O)(=O)C(C)C)C1CCC(O)(c2nccs2)CC1. The first-order chi connectivity index (χ1) is 10.2. The summed E-state index contributed by atoms with van der Waals surface area (Å²) >= 11 is 1.50. The van der Waals surface area contributed by atoms with Gasteiger partial charge < -0.3 is 5.11 Å². The van der Waals surface area contributed by atoms with Crippen LogP contribution in [0, 0.1) is 11.8 Å². The molecule has 7 heteroatoms. The van der Waals surface area contributed by atoms with Crippen molar-refractivity contribution in [2.45, 2.75) is 57.3 Å². The van der Waals surface area contributed by atoms with E-state index in [-0.39, 0.29) is 5.92 Å². The van der Waals surface area contributed by atoms with E-state index in [0.29, 0.717) is 25.3 Å². The standard InChI is InChI=1S/C15H26N2O3S2/c1-11(2)22(19,20)17-10-12(3)13-4-6-15(18,7-5-13)14-16-8-9-21-14/h8-9,11-13,17-18H,4-7,10H2,1-3H3. The number of aliphatic hydroxyl groups is 1. The van der Waals surface area contributed by atoms with Crippen molar-refractivity contribution in [1.82, 2.24) is 9.71 Å². The highest BCUT2D eigenvalue weighted by atomic mass is 32.2. The van der Waals surface area contributed by atoms with Gasteiger partial charge in [0.15, 0.2) is 0 Å². The first-order valence-electron chi connectivity index (χ1n) is 7.85. The van der Waals surface area contributed by atoms with Crippen molar-refractivity contribution in [2.75, 3.05) is 6.54 Å². The van der Waals surface area contributed by atoms with Crippen molar-refractivity contribution in [1.29, 1.82) is 0 Å². The molecule has 5 nitrogen and oxygen atoms in total. The zero-order chi connectivity index (χ0) is 16.4. The predicted octanol–water partition coefficient (Wildman–Crippen LogP) is 2.48. The van der Waals surface area contributed by atoms with Crippen molar-refractivity contribution in [3.63, 3.8) is 0 Å². The highest BCUT2D eigenvalue weighted by Gasteiger charge is 2.38. The number of aromatic nitrogens is 1. The Morgan fingerprint density at radius 2 is 2.05 bits per heavy atom. The van der Waals surface area contributed by atoms with Crippen LogP contribution in [0.25, 0.3) is 0 Å². The number of hydrogen-bond acceptors (Lipinski definition) is 5. The largest absolute Gasteiger partial charge is 0.383 e. The number of nitrogens with one attached hydrogen (secondary N) is 1. The number of sulfonamides is 1. The molecular formula is C15H26N2O3S2. The van der Waals surface area contributed by atoms with Crippen LogP contribution in [0.3, 0.4) is 0 Å². The summed E-state index contributed by atoms with van der Waals surface area (Å²) in [5, 5.41) is 13.0. The Bertz CT molecular complexity index is 562. The Morgan fingerprint density at radius 1 is 1.41 bits per heavy atom. The summed E-state index contributed by atoms with van der Waals surface area (Å²) in [7, 11) is -3.20. The lowest BCUT2D eigenvalue weighted by Gasteiger charge is -2.37. The van der Waals surface area contributed by atoms with Gasteiger partial charge in [-0.25, -0.2) is 18.1 Å². The maximum absolute atomic E-state index is 11.8. The maximum atomic E-state index is 11.8. The van der Waals surface area contributed by atoms with Crippen LogP contribution < -0.4 is 4.72 Å². The minimum Gasteiger partial charge on any atom is -0.383 e. The zero-order valence-electron chi connectivity index (χ0n) is 13.4. The molecule has 1 saturated carbocycles. The molecule has 0 saturated heterocycles. The summed E-state index contributed by atoms with van der Waals surface area (Å²) in [5.41, 5.74) is -0.790. The second-order valence-corrected chi connectivity index (χ2v) is 9.84. The molecule has 1 aliphatic carbocycles. The highest BCUT2D eigenvalue weighted by molar-refractivity contribution is 7.90. The number of rotatable bonds is 6. The predicted molar refractivity (Wildman–Crippen MR) is 89.2 cm³/mol. The maximum Gasteiger partial charge on any atom is 0.213 e. The Labute approximate surface area is 137 Å². The van der Waals surface area contributed by atoms with Crippen LogP contribution in [0.1, 0.15) is 51.5 Å². The van der Waals surface area contributed by atoms with Gasteiger partial charge in [-0.15, -0.1) is 11.3 Å². The normalized spacial score (nSPS) is 28.0. The molecule has 1 heterocycles. The van der Waals surface area contributed by atoms with Crippen LogP contribution in [0.15, 0.2) is 11.6 Å². The van der Waals surface area contributed by atoms with E-state index in [4.69, 9.17) is 0 Å². The Balaban J connectivity index is 1.86. The van der Waals surface area contributed by atoms with Crippen molar-refractivity contribution in [3.05, 3.63) is 16.6 Å². The molecule has 1 aromatic heterocycles. The fourth-order valence-electron chi connectivity index (χ4n) is 2.93. The first-order valence-corrected chi connectivity index (χ1v) is 10.3. The smallest absolute Gasteiger partial charge is 0.213 e. The molecule has 0 amide bonds. The molecule has 1 aromatic rings. The summed E-state index contributed by atoms with van der Waals surface area (Å²) in [6.07, 6.45) is 4.94. The molecule has 1 atom stereocenters. The van der Waals surface area contributed by atoms with Crippen LogP contribution in [-0.2, 0) is 15.6 Å². The third kappa shape index (κ3) is 4.07. The van der Waals surface area contributed by atoms with Gasteiger partial charge in [-0.3, -0.25) is 0 Å². The first kappa shape index (κ1) is 17.8. The van der Waals surface area contributed by atoms with E-state index in [9.17, 15) is 13.5 Å².